The van der Waals surface area contributed by atoms with Gasteiger partial charge in [-0.3, -0.25) is 9.69 Å². The van der Waals surface area contributed by atoms with Gasteiger partial charge in [0.05, 0.1) is 12.1 Å². The number of rotatable bonds is 3. The van der Waals surface area contributed by atoms with Crippen molar-refractivity contribution in [1.82, 2.24) is 4.90 Å². The van der Waals surface area contributed by atoms with E-state index in [1.165, 1.54) is 12.8 Å². The Morgan fingerprint density at radius 1 is 1.50 bits per heavy atom. The quantitative estimate of drug-likeness (QED) is 0.793. The highest BCUT2D eigenvalue weighted by Crippen LogP contribution is 2.40. The average Bonchev–Trinajstić information content (AvgIpc) is 2.65. The molecule has 1 spiro atoms. The molecule has 1 heterocycles. The van der Waals surface area contributed by atoms with E-state index in [1.54, 1.807) is 0 Å². The molecule has 2 rings (SSSR count). The maximum absolute atomic E-state index is 10.7. The van der Waals surface area contributed by atoms with E-state index in [2.05, 4.69) is 0 Å². The lowest BCUT2D eigenvalue weighted by molar-refractivity contribution is -0.141. The van der Waals surface area contributed by atoms with Crippen LogP contribution in [0.5, 0.6) is 0 Å². The second kappa shape index (κ2) is 4.72. The molecule has 4 nitrogen and oxygen atoms in total. The van der Waals surface area contributed by atoms with Crippen LogP contribution in [0.3, 0.4) is 0 Å². The molecule has 2 fully saturated rings. The molecule has 0 bridgehead atoms. The Balaban J connectivity index is 1.93. The van der Waals surface area contributed by atoms with Crippen LogP contribution in [0.15, 0.2) is 0 Å². The Morgan fingerprint density at radius 3 is 2.81 bits per heavy atom. The Bertz CT molecular complexity index is 261. The fourth-order valence-electron chi connectivity index (χ4n) is 3.09. The summed E-state index contributed by atoms with van der Waals surface area (Å²) in [6.45, 7) is 0.926. The van der Waals surface area contributed by atoms with Gasteiger partial charge < -0.3 is 9.84 Å². The summed E-state index contributed by atoms with van der Waals surface area (Å²) in [5.41, 5.74) is 0.0790. The van der Waals surface area contributed by atoms with Crippen LogP contribution in [0.2, 0.25) is 0 Å². The van der Waals surface area contributed by atoms with E-state index < -0.39 is 5.97 Å². The number of aliphatic carboxylic acids is 1. The summed E-state index contributed by atoms with van der Waals surface area (Å²) < 4.78 is 5.94. The number of nitrogens with zero attached hydrogens (tertiary/aromatic N) is 1. The van der Waals surface area contributed by atoms with Crippen molar-refractivity contribution in [3.05, 3.63) is 0 Å². The standard InChI is InChI=1S/C12H21NO3/c1-13(9-11(14)15)10-4-7-16-12(8-10)5-2-3-6-12/h10H,2-9H2,1H3,(H,14,15). The van der Waals surface area contributed by atoms with Crippen LogP contribution < -0.4 is 0 Å². The molecule has 1 saturated heterocycles. The molecule has 16 heavy (non-hydrogen) atoms. The second-order valence-electron chi connectivity index (χ2n) is 5.19. The number of ether oxygens (including phenoxy) is 1. The zero-order valence-electron chi connectivity index (χ0n) is 9.95. The minimum atomic E-state index is -0.741. The summed E-state index contributed by atoms with van der Waals surface area (Å²) >= 11 is 0. The topological polar surface area (TPSA) is 49.8 Å². The van der Waals surface area contributed by atoms with Gasteiger partial charge in [0, 0.05) is 12.6 Å². The maximum Gasteiger partial charge on any atom is 0.317 e. The predicted molar refractivity (Wildman–Crippen MR) is 60.4 cm³/mol. The van der Waals surface area contributed by atoms with Crippen LogP contribution >= 0.6 is 0 Å². The van der Waals surface area contributed by atoms with Gasteiger partial charge in [0.25, 0.3) is 0 Å². The molecule has 1 N–H and O–H groups in total. The fourth-order valence-corrected chi connectivity index (χ4v) is 3.09. The Kier molecular flexibility index (Phi) is 3.50. The second-order valence-corrected chi connectivity index (χ2v) is 5.19. The smallest absolute Gasteiger partial charge is 0.317 e. The molecule has 4 heteroatoms. The highest BCUT2D eigenvalue weighted by Gasteiger charge is 2.40. The minimum Gasteiger partial charge on any atom is -0.480 e. The van der Waals surface area contributed by atoms with E-state index >= 15 is 0 Å². The first-order chi connectivity index (χ1) is 7.61. The van der Waals surface area contributed by atoms with Gasteiger partial charge in [0.2, 0.25) is 0 Å². The van der Waals surface area contributed by atoms with Crippen molar-refractivity contribution in [2.24, 2.45) is 0 Å². The van der Waals surface area contributed by atoms with Gasteiger partial charge >= 0.3 is 5.97 Å². The normalized spacial score (nSPS) is 28.8. The number of carbonyl (C=O) groups is 1. The van der Waals surface area contributed by atoms with E-state index in [1.807, 2.05) is 11.9 Å². The summed E-state index contributed by atoms with van der Waals surface area (Å²) in [5.74, 6) is -0.741. The van der Waals surface area contributed by atoms with Gasteiger partial charge in [0.15, 0.2) is 0 Å². The zero-order valence-corrected chi connectivity index (χ0v) is 9.95. The number of hydrogen-bond acceptors (Lipinski definition) is 3. The fraction of sp³-hybridized carbons (Fsp3) is 0.917. The number of hydrogen-bond donors (Lipinski definition) is 1. The van der Waals surface area contributed by atoms with Crippen LogP contribution in [-0.4, -0.2) is 47.8 Å². The Hall–Kier alpha value is -0.610. The van der Waals surface area contributed by atoms with E-state index in [0.29, 0.717) is 6.04 Å². The van der Waals surface area contributed by atoms with Crippen LogP contribution in [0, 0.1) is 0 Å². The summed E-state index contributed by atoms with van der Waals surface area (Å²) in [6, 6.07) is 0.378. The van der Waals surface area contributed by atoms with Gasteiger partial charge in [-0.05, 0) is 32.7 Å². The predicted octanol–water partition coefficient (Wildman–Crippen LogP) is 1.49. The molecule has 0 radical (unpaired) electrons. The average molecular weight is 227 g/mol. The van der Waals surface area contributed by atoms with Crippen molar-refractivity contribution in [2.75, 3.05) is 20.2 Å². The largest absolute Gasteiger partial charge is 0.480 e. The molecule has 1 aliphatic carbocycles. The molecule has 0 aromatic carbocycles. The molecule has 0 amide bonds. The monoisotopic (exact) mass is 227 g/mol. The summed E-state index contributed by atoms with van der Waals surface area (Å²) in [6.07, 6.45) is 6.81. The van der Waals surface area contributed by atoms with E-state index in [9.17, 15) is 4.79 Å². The van der Waals surface area contributed by atoms with E-state index in [4.69, 9.17) is 9.84 Å². The van der Waals surface area contributed by atoms with Crippen molar-refractivity contribution >= 4 is 5.97 Å². The molecule has 92 valence electrons. The Morgan fingerprint density at radius 2 is 2.19 bits per heavy atom. The van der Waals surface area contributed by atoms with Crippen molar-refractivity contribution in [2.45, 2.75) is 50.2 Å². The lowest BCUT2D eigenvalue weighted by Crippen LogP contribution is -2.47. The van der Waals surface area contributed by atoms with Crippen molar-refractivity contribution < 1.29 is 14.6 Å². The molecular formula is C12H21NO3. The van der Waals surface area contributed by atoms with Gasteiger partial charge in [-0.1, -0.05) is 12.8 Å². The number of likely N-dealkylation sites (N-methyl/N-ethyl adjacent to an activating group) is 1. The molecule has 1 saturated carbocycles. The minimum absolute atomic E-state index is 0.0790. The molecule has 0 aromatic rings. The lowest BCUT2D eigenvalue weighted by Gasteiger charge is -2.41. The number of carboxylic acid groups (broad SMARTS) is 1. The van der Waals surface area contributed by atoms with Gasteiger partial charge in [-0.15, -0.1) is 0 Å². The molecule has 1 aliphatic heterocycles. The first-order valence-electron chi connectivity index (χ1n) is 6.17. The SMILES string of the molecule is CN(CC(=O)O)C1CCOC2(CCCC2)C1. The molecular weight excluding hydrogens is 206 g/mol. The first kappa shape index (κ1) is 11.9. The van der Waals surface area contributed by atoms with Gasteiger partial charge in [-0.2, -0.15) is 0 Å². The third-order valence-corrected chi connectivity index (χ3v) is 3.99. The van der Waals surface area contributed by atoms with Crippen molar-refractivity contribution in [3.63, 3.8) is 0 Å². The third kappa shape index (κ3) is 2.55. The molecule has 2 aliphatic rings. The maximum atomic E-state index is 10.7. The van der Waals surface area contributed by atoms with Crippen LogP contribution in [0.1, 0.15) is 38.5 Å². The van der Waals surface area contributed by atoms with E-state index in [-0.39, 0.29) is 12.1 Å². The number of carboxylic acids is 1. The highest BCUT2D eigenvalue weighted by atomic mass is 16.5. The van der Waals surface area contributed by atoms with Crippen LogP contribution in [-0.2, 0) is 9.53 Å². The summed E-state index contributed by atoms with van der Waals surface area (Å²) in [5, 5.41) is 8.80. The van der Waals surface area contributed by atoms with Crippen molar-refractivity contribution in [3.8, 4) is 0 Å². The van der Waals surface area contributed by atoms with Crippen LogP contribution in [0.4, 0.5) is 0 Å². The highest BCUT2D eigenvalue weighted by molar-refractivity contribution is 5.69. The van der Waals surface area contributed by atoms with Gasteiger partial charge in [0.1, 0.15) is 0 Å². The first-order valence-corrected chi connectivity index (χ1v) is 6.17. The molecule has 1 atom stereocenters. The molecule has 1 unspecified atom stereocenters. The third-order valence-electron chi connectivity index (χ3n) is 3.99. The van der Waals surface area contributed by atoms with Crippen LogP contribution in [0.25, 0.3) is 0 Å². The van der Waals surface area contributed by atoms with Gasteiger partial charge in [-0.25, -0.2) is 0 Å². The summed E-state index contributed by atoms with van der Waals surface area (Å²) in [7, 11) is 1.91. The lowest BCUT2D eigenvalue weighted by atomic mass is 9.88. The zero-order chi connectivity index (χ0) is 11.6. The molecule has 0 aromatic heterocycles. The van der Waals surface area contributed by atoms with E-state index in [0.717, 1.165) is 32.3 Å². The summed E-state index contributed by atoms with van der Waals surface area (Å²) in [4.78, 5) is 12.7. The van der Waals surface area contributed by atoms with Crippen molar-refractivity contribution in [1.29, 1.82) is 0 Å². The Labute approximate surface area is 96.6 Å².